The molecule has 0 bridgehead atoms. The lowest BCUT2D eigenvalue weighted by atomic mass is 9.68. The highest BCUT2D eigenvalue weighted by molar-refractivity contribution is 7.08. The predicted octanol–water partition coefficient (Wildman–Crippen LogP) is 4.63. The molecule has 1 aromatic heterocycles. The fraction of sp³-hybridized carbons (Fsp3) is 0.269. The summed E-state index contributed by atoms with van der Waals surface area (Å²) < 4.78 is 5.65. The monoisotopic (exact) mass is 432 g/mol. The number of benzene rings is 2. The van der Waals surface area contributed by atoms with E-state index in [0.29, 0.717) is 11.3 Å². The van der Waals surface area contributed by atoms with E-state index in [2.05, 4.69) is 48.9 Å². The van der Waals surface area contributed by atoms with Crippen molar-refractivity contribution in [3.63, 3.8) is 0 Å². The zero-order chi connectivity index (χ0) is 21.8. The number of fused-ring (bicyclic) bond motifs is 3. The van der Waals surface area contributed by atoms with E-state index >= 15 is 0 Å². The number of aliphatic hydroxyl groups excluding tert-OH is 2. The summed E-state index contributed by atoms with van der Waals surface area (Å²) in [6, 6.07) is 14.0. The van der Waals surface area contributed by atoms with Crippen LogP contribution in [-0.2, 0) is 11.8 Å². The van der Waals surface area contributed by atoms with Crippen molar-refractivity contribution in [1.29, 1.82) is 0 Å². The molecule has 5 heteroatoms. The second-order valence-corrected chi connectivity index (χ2v) is 9.50. The van der Waals surface area contributed by atoms with Gasteiger partial charge in [0.05, 0.1) is 6.61 Å². The lowest BCUT2D eigenvalue weighted by Crippen LogP contribution is -2.30. The van der Waals surface area contributed by atoms with Gasteiger partial charge in [-0.2, -0.15) is 11.3 Å². The molecule has 0 saturated carbocycles. The number of ether oxygens (including phenoxy) is 1. The normalized spacial score (nSPS) is 17.2. The van der Waals surface area contributed by atoms with Crippen LogP contribution in [0.15, 0.2) is 58.8 Å². The molecule has 2 aromatic carbocycles. The Hall–Kier alpha value is -2.73. The Kier molecular flexibility index (Phi) is 4.85. The molecular formula is C26H24O4S. The molecular weight excluding hydrogens is 408 g/mol. The van der Waals surface area contributed by atoms with Crippen LogP contribution >= 0.6 is 11.3 Å². The van der Waals surface area contributed by atoms with Crippen LogP contribution < -0.4 is 4.74 Å². The molecule has 1 atom stereocenters. The molecule has 5 rings (SSSR count). The van der Waals surface area contributed by atoms with Gasteiger partial charge in [-0.05, 0) is 74.8 Å². The molecule has 0 unspecified atom stereocenters. The van der Waals surface area contributed by atoms with Gasteiger partial charge >= 0.3 is 0 Å². The van der Waals surface area contributed by atoms with E-state index in [1.807, 2.05) is 12.1 Å². The van der Waals surface area contributed by atoms with Crippen molar-refractivity contribution in [3.05, 3.63) is 81.1 Å². The quantitative estimate of drug-likeness (QED) is 0.617. The fourth-order valence-electron chi connectivity index (χ4n) is 4.70. The van der Waals surface area contributed by atoms with E-state index in [1.54, 1.807) is 17.4 Å². The summed E-state index contributed by atoms with van der Waals surface area (Å²) in [4.78, 5) is 13.5. The Labute approximate surface area is 185 Å². The zero-order valence-electron chi connectivity index (χ0n) is 17.5. The van der Waals surface area contributed by atoms with Crippen molar-refractivity contribution in [1.82, 2.24) is 0 Å². The summed E-state index contributed by atoms with van der Waals surface area (Å²) in [6.07, 6.45) is -0.170. The largest absolute Gasteiger partial charge is 0.491 e. The van der Waals surface area contributed by atoms with Crippen LogP contribution in [0.4, 0.5) is 0 Å². The van der Waals surface area contributed by atoms with E-state index in [4.69, 9.17) is 9.84 Å². The number of Topliss-reactive ketones (excluding diaryl/α,β-unsaturated/α-hetero) is 1. The summed E-state index contributed by atoms with van der Waals surface area (Å²) in [6.45, 7) is 3.97. The van der Waals surface area contributed by atoms with E-state index in [1.165, 1.54) is 16.7 Å². The number of hydrogen-bond acceptors (Lipinski definition) is 5. The third kappa shape index (κ3) is 3.24. The minimum atomic E-state index is -0.929. The van der Waals surface area contributed by atoms with Crippen LogP contribution in [0, 0.1) is 0 Å². The highest BCUT2D eigenvalue weighted by Crippen LogP contribution is 2.50. The zero-order valence-corrected chi connectivity index (χ0v) is 18.3. The average Bonchev–Trinajstić information content (AvgIpc) is 3.44. The SMILES string of the molecule is CC1(C)C2=C(C(=O)c3ccc(OC[C@H](O)CO)cc31)c1ccc(-c3ccsc3)cc1C2. The molecule has 0 amide bonds. The summed E-state index contributed by atoms with van der Waals surface area (Å²) in [5, 5.41) is 22.8. The van der Waals surface area contributed by atoms with E-state index < -0.39 is 6.10 Å². The number of hydrogen-bond donors (Lipinski definition) is 2. The molecule has 3 aromatic rings. The van der Waals surface area contributed by atoms with Gasteiger partial charge in [-0.15, -0.1) is 0 Å². The summed E-state index contributed by atoms with van der Waals surface area (Å²) >= 11 is 1.68. The number of carbonyl (C=O) groups is 1. The molecule has 2 aliphatic rings. The summed E-state index contributed by atoms with van der Waals surface area (Å²) in [5.74, 6) is 0.653. The number of allylic oxidation sites excluding steroid dienone is 2. The third-order valence-electron chi connectivity index (χ3n) is 6.44. The number of carbonyl (C=O) groups excluding carboxylic acids is 1. The maximum absolute atomic E-state index is 13.5. The van der Waals surface area contributed by atoms with Crippen LogP contribution in [0.25, 0.3) is 16.7 Å². The van der Waals surface area contributed by atoms with Crippen molar-refractivity contribution >= 4 is 22.7 Å². The first-order valence-electron chi connectivity index (χ1n) is 10.4. The van der Waals surface area contributed by atoms with Gasteiger partial charge in [0, 0.05) is 16.6 Å². The molecule has 31 heavy (non-hydrogen) atoms. The number of aliphatic hydroxyl groups is 2. The molecule has 0 fully saturated rings. The minimum absolute atomic E-state index is 0.00834. The maximum Gasteiger partial charge on any atom is 0.193 e. The minimum Gasteiger partial charge on any atom is -0.491 e. The van der Waals surface area contributed by atoms with Crippen molar-refractivity contribution in [2.45, 2.75) is 31.8 Å². The molecule has 0 radical (unpaired) electrons. The summed E-state index contributed by atoms with van der Waals surface area (Å²) in [5.41, 5.74) is 7.94. The Balaban J connectivity index is 1.52. The number of ketones is 1. The Morgan fingerprint density at radius 3 is 2.65 bits per heavy atom. The molecule has 0 saturated heterocycles. The molecule has 4 nitrogen and oxygen atoms in total. The molecule has 2 aliphatic carbocycles. The second-order valence-electron chi connectivity index (χ2n) is 8.72. The van der Waals surface area contributed by atoms with Crippen LogP contribution in [0.1, 0.15) is 40.9 Å². The van der Waals surface area contributed by atoms with Crippen molar-refractivity contribution < 1.29 is 19.7 Å². The highest BCUT2D eigenvalue weighted by atomic mass is 32.1. The lowest BCUT2D eigenvalue weighted by Gasteiger charge is -2.34. The molecule has 158 valence electrons. The lowest BCUT2D eigenvalue weighted by molar-refractivity contribution is 0.0535. The van der Waals surface area contributed by atoms with Crippen LogP contribution in [0.2, 0.25) is 0 Å². The second kappa shape index (κ2) is 7.45. The van der Waals surface area contributed by atoms with Gasteiger partial charge in [0.2, 0.25) is 0 Å². The first-order chi connectivity index (χ1) is 14.9. The van der Waals surface area contributed by atoms with Crippen molar-refractivity contribution in [2.75, 3.05) is 13.2 Å². The van der Waals surface area contributed by atoms with E-state index in [-0.39, 0.29) is 24.4 Å². The first kappa shape index (κ1) is 20.2. The van der Waals surface area contributed by atoms with Crippen molar-refractivity contribution in [2.24, 2.45) is 0 Å². The smallest absolute Gasteiger partial charge is 0.193 e. The van der Waals surface area contributed by atoms with Crippen LogP contribution in [-0.4, -0.2) is 35.3 Å². The molecule has 2 N–H and O–H groups in total. The van der Waals surface area contributed by atoms with Gasteiger partial charge in [-0.1, -0.05) is 32.0 Å². The van der Waals surface area contributed by atoms with Gasteiger partial charge in [0.1, 0.15) is 18.5 Å². The van der Waals surface area contributed by atoms with E-state index in [0.717, 1.165) is 28.7 Å². The Bertz CT molecular complexity index is 1200. The third-order valence-corrected chi connectivity index (χ3v) is 7.12. The van der Waals surface area contributed by atoms with Gasteiger partial charge < -0.3 is 14.9 Å². The highest BCUT2D eigenvalue weighted by Gasteiger charge is 2.42. The van der Waals surface area contributed by atoms with Crippen LogP contribution in [0.3, 0.4) is 0 Å². The topological polar surface area (TPSA) is 66.8 Å². The summed E-state index contributed by atoms with van der Waals surface area (Å²) in [7, 11) is 0. The molecule has 0 aliphatic heterocycles. The number of thiophene rings is 1. The van der Waals surface area contributed by atoms with Crippen molar-refractivity contribution in [3.8, 4) is 16.9 Å². The van der Waals surface area contributed by atoms with Gasteiger partial charge in [-0.25, -0.2) is 0 Å². The van der Waals surface area contributed by atoms with Gasteiger partial charge in [0.15, 0.2) is 5.78 Å². The molecule has 0 spiro atoms. The maximum atomic E-state index is 13.5. The standard InChI is InChI=1S/C26H24O4S/c1-26(2)22-11-19(30-13-18(28)12-27)4-6-21(22)25(29)24-20-5-3-15(16-7-8-31-14-16)9-17(20)10-23(24)26/h3-9,11,14,18,27-28H,10,12-13H2,1-2H3/t18-/m1/s1. The predicted molar refractivity (Wildman–Crippen MR) is 123 cm³/mol. The van der Waals surface area contributed by atoms with E-state index in [9.17, 15) is 9.90 Å². The number of rotatable bonds is 5. The Morgan fingerprint density at radius 1 is 1.10 bits per heavy atom. The first-order valence-corrected chi connectivity index (χ1v) is 11.3. The van der Waals surface area contributed by atoms with Gasteiger partial charge in [-0.3, -0.25) is 4.79 Å². The fourth-order valence-corrected chi connectivity index (χ4v) is 5.36. The van der Waals surface area contributed by atoms with Gasteiger partial charge in [0.25, 0.3) is 0 Å². The average molecular weight is 433 g/mol. The van der Waals surface area contributed by atoms with Crippen LogP contribution in [0.5, 0.6) is 5.75 Å². The Morgan fingerprint density at radius 2 is 1.90 bits per heavy atom. The molecule has 1 heterocycles.